The molecule has 2 atom stereocenters. The number of benzene rings is 2. The molecular weight excluding hydrogens is 412 g/mol. The van der Waals surface area contributed by atoms with Crippen LogP contribution in [0.25, 0.3) is 0 Å². The van der Waals surface area contributed by atoms with Crippen molar-refractivity contribution < 1.29 is 14.3 Å². The maximum Gasteiger partial charge on any atom is 0.230 e. The molecule has 2 heterocycles. The molecule has 1 aliphatic rings. The van der Waals surface area contributed by atoms with Crippen LogP contribution in [-0.2, 0) is 11.8 Å². The lowest BCUT2D eigenvalue weighted by molar-refractivity contribution is -0.119. The van der Waals surface area contributed by atoms with Gasteiger partial charge in [-0.3, -0.25) is 4.79 Å². The Morgan fingerprint density at radius 2 is 1.84 bits per heavy atom. The second kappa shape index (κ2) is 9.43. The number of nitrogens with zero attached hydrogens (tertiary/aromatic N) is 3. The molecule has 1 aromatic heterocycles. The minimum atomic E-state index is -0.348. The van der Waals surface area contributed by atoms with Gasteiger partial charge in [0.2, 0.25) is 5.91 Å². The minimum absolute atomic E-state index is 0.0304. The summed E-state index contributed by atoms with van der Waals surface area (Å²) in [4.78, 5) is 12.6. The van der Waals surface area contributed by atoms with Crippen LogP contribution in [0.1, 0.15) is 37.4 Å². The quantitative estimate of drug-likeness (QED) is 0.563. The van der Waals surface area contributed by atoms with E-state index in [1.807, 2.05) is 66.2 Å². The number of para-hydroxylation sites is 2. The van der Waals surface area contributed by atoms with Gasteiger partial charge >= 0.3 is 0 Å². The van der Waals surface area contributed by atoms with Gasteiger partial charge in [-0.1, -0.05) is 68.1 Å². The first kappa shape index (κ1) is 21.2. The number of thioether (sulfide) groups is 1. The highest BCUT2D eigenvalue weighted by atomic mass is 32.2. The van der Waals surface area contributed by atoms with E-state index in [9.17, 15) is 4.79 Å². The van der Waals surface area contributed by atoms with E-state index in [4.69, 9.17) is 9.47 Å². The fourth-order valence-corrected chi connectivity index (χ4v) is 4.25. The van der Waals surface area contributed by atoms with Gasteiger partial charge in [-0.15, -0.1) is 10.2 Å². The highest BCUT2D eigenvalue weighted by Crippen LogP contribution is 2.35. The molecule has 1 aliphatic heterocycles. The van der Waals surface area contributed by atoms with Crippen molar-refractivity contribution in [3.8, 4) is 11.5 Å². The van der Waals surface area contributed by atoms with Crippen LogP contribution in [0.15, 0.2) is 59.8 Å². The smallest absolute Gasteiger partial charge is 0.230 e. The summed E-state index contributed by atoms with van der Waals surface area (Å²) in [6.07, 6.45) is -0.348. The molecule has 0 aliphatic carbocycles. The average molecular weight is 439 g/mol. The van der Waals surface area contributed by atoms with Gasteiger partial charge < -0.3 is 19.4 Å². The summed E-state index contributed by atoms with van der Waals surface area (Å²) in [7, 11) is 1.88. The molecule has 31 heavy (non-hydrogen) atoms. The lowest BCUT2D eigenvalue weighted by Crippen LogP contribution is -2.33. The average Bonchev–Trinajstić information content (AvgIpc) is 3.16. The summed E-state index contributed by atoms with van der Waals surface area (Å²) in [6, 6.07) is 17.6. The summed E-state index contributed by atoms with van der Waals surface area (Å²) in [5, 5.41) is 12.3. The monoisotopic (exact) mass is 438 g/mol. The molecule has 0 bridgehead atoms. The summed E-state index contributed by atoms with van der Waals surface area (Å²) in [6.45, 7) is 4.57. The third-order valence-corrected chi connectivity index (χ3v) is 6.16. The third kappa shape index (κ3) is 4.85. The van der Waals surface area contributed by atoms with Gasteiger partial charge in [-0.2, -0.15) is 0 Å². The maximum atomic E-state index is 12.6. The lowest BCUT2D eigenvalue weighted by atomic mass is 9.96. The van der Waals surface area contributed by atoms with Gasteiger partial charge in [-0.25, -0.2) is 0 Å². The molecule has 0 radical (unpaired) electrons. The van der Waals surface area contributed by atoms with Gasteiger partial charge in [0.05, 0.1) is 11.8 Å². The van der Waals surface area contributed by atoms with Crippen LogP contribution < -0.4 is 14.8 Å². The molecule has 2 unspecified atom stereocenters. The van der Waals surface area contributed by atoms with E-state index in [0.29, 0.717) is 23.3 Å². The third-order valence-electron chi connectivity index (χ3n) is 5.14. The van der Waals surface area contributed by atoms with E-state index < -0.39 is 0 Å². The Morgan fingerprint density at radius 3 is 2.58 bits per heavy atom. The first-order valence-electron chi connectivity index (χ1n) is 10.3. The van der Waals surface area contributed by atoms with Crippen LogP contribution in [0.2, 0.25) is 0 Å². The predicted molar refractivity (Wildman–Crippen MR) is 119 cm³/mol. The Balaban J connectivity index is 1.37. The molecule has 3 aromatic rings. The van der Waals surface area contributed by atoms with E-state index in [-0.39, 0.29) is 29.7 Å². The second-order valence-corrected chi connectivity index (χ2v) is 8.70. The van der Waals surface area contributed by atoms with Crippen molar-refractivity contribution in [1.82, 2.24) is 20.1 Å². The number of ether oxygens (including phenoxy) is 2. The number of carbonyl (C=O) groups is 1. The van der Waals surface area contributed by atoms with Crippen molar-refractivity contribution in [2.45, 2.75) is 31.1 Å². The Labute approximate surface area is 186 Å². The summed E-state index contributed by atoms with van der Waals surface area (Å²) < 4.78 is 13.7. The van der Waals surface area contributed by atoms with Crippen LogP contribution in [-0.4, -0.2) is 33.0 Å². The fraction of sp³-hybridized carbons (Fsp3) is 0.348. The minimum Gasteiger partial charge on any atom is -0.485 e. The van der Waals surface area contributed by atoms with Crippen molar-refractivity contribution in [2.75, 3.05) is 12.4 Å². The zero-order chi connectivity index (χ0) is 21.8. The van der Waals surface area contributed by atoms with Crippen LogP contribution in [0, 0.1) is 5.92 Å². The highest BCUT2D eigenvalue weighted by molar-refractivity contribution is 7.99. The van der Waals surface area contributed by atoms with Crippen LogP contribution in [0.4, 0.5) is 0 Å². The van der Waals surface area contributed by atoms with E-state index >= 15 is 0 Å². The number of fused-ring (bicyclic) bond motifs is 1. The zero-order valence-corrected chi connectivity index (χ0v) is 18.6. The van der Waals surface area contributed by atoms with E-state index in [1.54, 1.807) is 0 Å². The second-order valence-electron chi connectivity index (χ2n) is 7.75. The predicted octanol–water partition coefficient (Wildman–Crippen LogP) is 3.93. The highest BCUT2D eigenvalue weighted by Gasteiger charge is 2.27. The summed E-state index contributed by atoms with van der Waals surface area (Å²) in [5.74, 6) is 2.59. The normalized spacial score (nSPS) is 16.2. The molecule has 0 spiro atoms. The number of aromatic nitrogens is 3. The van der Waals surface area contributed by atoms with Crippen LogP contribution in [0.3, 0.4) is 0 Å². The fourth-order valence-electron chi connectivity index (χ4n) is 3.52. The molecule has 0 saturated carbocycles. The standard InChI is InChI=1S/C23H26N4O3S/c1-15(2)21(16-9-5-4-6-10-16)24-20(28)14-31-23-26-25-22(27(23)3)19-13-29-17-11-7-8-12-18(17)30-19/h4-12,15,19,21H,13-14H2,1-3H3,(H,24,28). The Hall–Kier alpha value is -3.00. The van der Waals surface area contributed by atoms with Crippen molar-refractivity contribution in [2.24, 2.45) is 13.0 Å². The van der Waals surface area contributed by atoms with Gasteiger partial charge in [0.1, 0.15) is 6.61 Å². The van der Waals surface area contributed by atoms with Crippen molar-refractivity contribution >= 4 is 17.7 Å². The van der Waals surface area contributed by atoms with E-state index in [1.165, 1.54) is 11.8 Å². The van der Waals surface area contributed by atoms with Crippen molar-refractivity contribution in [3.05, 3.63) is 66.0 Å². The van der Waals surface area contributed by atoms with E-state index in [0.717, 1.165) is 11.3 Å². The number of amides is 1. The molecular formula is C23H26N4O3S. The van der Waals surface area contributed by atoms with Crippen molar-refractivity contribution in [3.63, 3.8) is 0 Å². The number of hydrogen-bond acceptors (Lipinski definition) is 6. The molecule has 1 amide bonds. The Morgan fingerprint density at radius 1 is 1.13 bits per heavy atom. The first-order valence-corrected chi connectivity index (χ1v) is 11.3. The zero-order valence-electron chi connectivity index (χ0n) is 17.8. The van der Waals surface area contributed by atoms with Crippen molar-refractivity contribution in [1.29, 1.82) is 0 Å². The number of rotatable bonds is 7. The molecule has 0 saturated heterocycles. The van der Waals surface area contributed by atoms with Gasteiger partial charge in [0.15, 0.2) is 28.6 Å². The molecule has 2 aromatic carbocycles. The number of nitrogens with one attached hydrogen (secondary N) is 1. The summed E-state index contributed by atoms with van der Waals surface area (Å²) in [5.41, 5.74) is 1.10. The number of hydrogen-bond donors (Lipinski definition) is 1. The lowest BCUT2D eigenvalue weighted by Gasteiger charge is -2.25. The number of carbonyl (C=O) groups excluding carboxylic acids is 1. The summed E-state index contributed by atoms with van der Waals surface area (Å²) >= 11 is 1.36. The molecule has 0 fully saturated rings. The molecule has 162 valence electrons. The molecule has 7 nitrogen and oxygen atoms in total. The molecule has 1 N–H and O–H groups in total. The van der Waals surface area contributed by atoms with E-state index in [2.05, 4.69) is 29.4 Å². The maximum absolute atomic E-state index is 12.6. The largest absolute Gasteiger partial charge is 0.485 e. The SMILES string of the molecule is CC(C)C(NC(=O)CSc1nnc(C2COc3ccccc3O2)n1C)c1ccccc1. The Bertz CT molecular complexity index is 1040. The van der Waals surface area contributed by atoms with Gasteiger partial charge in [0, 0.05) is 7.05 Å². The first-order chi connectivity index (χ1) is 15.0. The topological polar surface area (TPSA) is 78.3 Å². The van der Waals surface area contributed by atoms with Gasteiger partial charge in [-0.05, 0) is 23.6 Å². The van der Waals surface area contributed by atoms with Crippen LogP contribution >= 0.6 is 11.8 Å². The molecule has 4 rings (SSSR count). The van der Waals surface area contributed by atoms with Crippen LogP contribution in [0.5, 0.6) is 11.5 Å². The van der Waals surface area contributed by atoms with Gasteiger partial charge in [0.25, 0.3) is 0 Å². The molecule has 8 heteroatoms. The Kier molecular flexibility index (Phi) is 6.46.